The third-order valence-corrected chi connectivity index (χ3v) is 7.10. The number of carboxylic acid groups (broad SMARTS) is 1. The number of amides is 1. The first-order valence-corrected chi connectivity index (χ1v) is 12.7. The molecule has 3 N–H and O–H groups in total. The molecule has 7 heteroatoms. The molecule has 1 aliphatic rings. The number of phenols is 1. The van der Waals surface area contributed by atoms with E-state index in [1.54, 1.807) is 12.1 Å². The van der Waals surface area contributed by atoms with Gasteiger partial charge in [0.05, 0.1) is 5.02 Å². The highest BCUT2D eigenvalue weighted by Gasteiger charge is 2.30. The van der Waals surface area contributed by atoms with Gasteiger partial charge in [0.15, 0.2) is 0 Å². The molecule has 38 heavy (non-hydrogen) atoms. The van der Waals surface area contributed by atoms with Crippen LogP contribution in [0, 0.1) is 0 Å². The largest absolute Gasteiger partial charge is 0.506 e. The third kappa shape index (κ3) is 5.36. The zero-order valence-electron chi connectivity index (χ0n) is 20.4. The molecule has 0 aromatic heterocycles. The number of carbonyl (C=O) groups excluding carboxylic acids is 1. The summed E-state index contributed by atoms with van der Waals surface area (Å²) in [7, 11) is 0. The summed E-state index contributed by atoms with van der Waals surface area (Å²) in [6, 6.07) is 27.7. The fraction of sp³-hybridized carbons (Fsp3) is 0.161. The van der Waals surface area contributed by atoms with E-state index in [4.69, 9.17) is 16.3 Å². The van der Waals surface area contributed by atoms with Crippen molar-refractivity contribution < 1.29 is 24.5 Å². The molecule has 1 amide bonds. The maximum absolute atomic E-state index is 12.7. The predicted molar refractivity (Wildman–Crippen MR) is 146 cm³/mol. The van der Waals surface area contributed by atoms with Gasteiger partial charge in [-0.15, -0.1) is 0 Å². The first-order chi connectivity index (χ1) is 18.4. The molecular formula is C31H26ClNO5. The van der Waals surface area contributed by atoms with Gasteiger partial charge in [-0.05, 0) is 51.4 Å². The molecule has 0 spiro atoms. The van der Waals surface area contributed by atoms with Crippen molar-refractivity contribution in [3.05, 3.63) is 124 Å². The van der Waals surface area contributed by atoms with Crippen LogP contribution in [0.5, 0.6) is 5.75 Å². The second kappa shape index (κ2) is 11.0. The fourth-order valence-corrected chi connectivity index (χ4v) is 5.27. The summed E-state index contributed by atoms with van der Waals surface area (Å²) in [5.74, 6) is -1.60. The van der Waals surface area contributed by atoms with Crippen molar-refractivity contribution in [2.75, 3.05) is 6.61 Å². The Balaban J connectivity index is 1.28. The molecule has 1 aliphatic carbocycles. The number of phenolic OH excluding ortho intramolecular Hbond substituents is 1. The van der Waals surface area contributed by atoms with Crippen LogP contribution < -0.4 is 5.32 Å². The van der Waals surface area contributed by atoms with Gasteiger partial charge < -0.3 is 20.3 Å². The summed E-state index contributed by atoms with van der Waals surface area (Å²) in [6.07, 6.45) is -0.440. The molecule has 0 fully saturated rings. The Hall–Kier alpha value is -4.29. The summed E-state index contributed by atoms with van der Waals surface area (Å²) in [5, 5.41) is 22.9. The van der Waals surface area contributed by atoms with Gasteiger partial charge in [-0.2, -0.15) is 0 Å². The number of carboxylic acids is 1. The van der Waals surface area contributed by atoms with Crippen LogP contribution >= 0.6 is 11.6 Å². The first kappa shape index (κ1) is 25.4. The van der Waals surface area contributed by atoms with E-state index < -0.39 is 18.1 Å². The summed E-state index contributed by atoms with van der Waals surface area (Å²) in [4.78, 5) is 24.7. The SMILES string of the molecule is O=C(NC(Cc1cc(Cc2ccccc2)cc(Cl)c1O)C(=O)O)OCC1c2ccccc2-c2ccccc21. The number of ether oxygens (including phenoxy) is 1. The molecule has 0 aliphatic heterocycles. The molecule has 0 heterocycles. The van der Waals surface area contributed by atoms with E-state index in [-0.39, 0.29) is 29.7 Å². The monoisotopic (exact) mass is 527 g/mol. The lowest BCUT2D eigenvalue weighted by Crippen LogP contribution is -2.43. The quantitative estimate of drug-likeness (QED) is 0.254. The molecule has 4 aromatic rings. The van der Waals surface area contributed by atoms with Gasteiger partial charge in [0.2, 0.25) is 0 Å². The van der Waals surface area contributed by atoms with E-state index in [1.807, 2.05) is 78.9 Å². The number of hydrogen-bond donors (Lipinski definition) is 3. The number of benzene rings is 4. The smallest absolute Gasteiger partial charge is 0.407 e. The Bertz CT molecular complexity index is 1440. The standard InChI is InChI=1S/C31H26ClNO5/c32-27-16-20(14-19-8-2-1-3-9-19)15-21(29(27)34)17-28(30(35)36)33-31(37)38-18-26-24-12-6-4-10-22(24)23-11-5-7-13-25(23)26/h1-13,15-16,26,28,34H,14,17-18H2,(H,33,37)(H,35,36). The normalized spacial score (nSPS) is 12.9. The Morgan fingerprint density at radius 2 is 1.47 bits per heavy atom. The van der Waals surface area contributed by atoms with Crippen molar-refractivity contribution in [2.45, 2.75) is 24.8 Å². The van der Waals surface area contributed by atoms with Crippen LogP contribution in [0.2, 0.25) is 5.02 Å². The molecule has 0 saturated carbocycles. The second-order valence-corrected chi connectivity index (χ2v) is 9.72. The maximum atomic E-state index is 12.7. The number of aromatic hydroxyl groups is 1. The van der Waals surface area contributed by atoms with E-state index in [0.717, 1.165) is 33.4 Å². The van der Waals surface area contributed by atoms with E-state index in [9.17, 15) is 19.8 Å². The fourth-order valence-electron chi connectivity index (χ4n) is 5.01. The van der Waals surface area contributed by atoms with Crippen LogP contribution in [-0.2, 0) is 22.4 Å². The van der Waals surface area contributed by atoms with Gasteiger partial charge in [-0.1, -0.05) is 96.5 Å². The van der Waals surface area contributed by atoms with Crippen molar-refractivity contribution in [1.29, 1.82) is 0 Å². The number of alkyl carbamates (subject to hydrolysis) is 1. The molecule has 0 radical (unpaired) electrons. The Labute approximate surface area is 225 Å². The number of aliphatic carboxylic acids is 1. The van der Waals surface area contributed by atoms with Gasteiger partial charge >= 0.3 is 12.1 Å². The minimum absolute atomic E-state index is 0.0653. The minimum atomic E-state index is -1.32. The highest BCUT2D eigenvalue weighted by atomic mass is 35.5. The highest BCUT2D eigenvalue weighted by molar-refractivity contribution is 6.32. The molecule has 4 aromatic carbocycles. The topological polar surface area (TPSA) is 95.9 Å². The number of hydrogen-bond acceptors (Lipinski definition) is 4. The lowest BCUT2D eigenvalue weighted by molar-refractivity contribution is -0.139. The number of rotatable bonds is 8. The van der Waals surface area contributed by atoms with Crippen molar-refractivity contribution in [3.8, 4) is 16.9 Å². The summed E-state index contributed by atoms with van der Waals surface area (Å²) >= 11 is 6.25. The van der Waals surface area contributed by atoms with Crippen molar-refractivity contribution in [1.82, 2.24) is 5.32 Å². The van der Waals surface area contributed by atoms with Gasteiger partial charge in [-0.3, -0.25) is 0 Å². The second-order valence-electron chi connectivity index (χ2n) is 9.31. The van der Waals surface area contributed by atoms with Crippen LogP contribution in [-0.4, -0.2) is 34.9 Å². The maximum Gasteiger partial charge on any atom is 0.407 e. The highest BCUT2D eigenvalue weighted by Crippen LogP contribution is 2.44. The molecular weight excluding hydrogens is 502 g/mol. The molecule has 0 saturated heterocycles. The molecule has 1 atom stereocenters. The van der Waals surface area contributed by atoms with Gasteiger partial charge in [0.25, 0.3) is 0 Å². The van der Waals surface area contributed by atoms with E-state index in [2.05, 4.69) is 5.32 Å². The van der Waals surface area contributed by atoms with Crippen molar-refractivity contribution in [3.63, 3.8) is 0 Å². The van der Waals surface area contributed by atoms with Crippen LogP contribution in [0.15, 0.2) is 91.0 Å². The number of carbonyl (C=O) groups is 2. The Morgan fingerprint density at radius 1 is 0.868 bits per heavy atom. The lowest BCUT2D eigenvalue weighted by atomic mass is 9.98. The zero-order valence-corrected chi connectivity index (χ0v) is 21.2. The van der Waals surface area contributed by atoms with Crippen LogP contribution in [0.4, 0.5) is 4.79 Å². The summed E-state index contributed by atoms with van der Waals surface area (Å²) < 4.78 is 5.51. The van der Waals surface area contributed by atoms with E-state index in [0.29, 0.717) is 12.0 Å². The van der Waals surface area contributed by atoms with Crippen LogP contribution in [0.25, 0.3) is 11.1 Å². The molecule has 5 rings (SSSR count). The lowest BCUT2D eigenvalue weighted by Gasteiger charge is -2.18. The van der Waals surface area contributed by atoms with Crippen LogP contribution in [0.3, 0.4) is 0 Å². The van der Waals surface area contributed by atoms with E-state index >= 15 is 0 Å². The number of halogens is 1. The minimum Gasteiger partial charge on any atom is -0.506 e. The summed E-state index contributed by atoms with van der Waals surface area (Å²) in [6.45, 7) is 0.0653. The molecule has 0 bridgehead atoms. The van der Waals surface area contributed by atoms with Gasteiger partial charge in [0, 0.05) is 12.3 Å². The van der Waals surface area contributed by atoms with Crippen molar-refractivity contribution in [2.24, 2.45) is 0 Å². The summed E-state index contributed by atoms with van der Waals surface area (Å²) in [5.41, 5.74) is 6.52. The molecule has 6 nitrogen and oxygen atoms in total. The first-order valence-electron chi connectivity index (χ1n) is 12.3. The zero-order chi connectivity index (χ0) is 26.6. The number of fused-ring (bicyclic) bond motifs is 3. The van der Waals surface area contributed by atoms with Gasteiger partial charge in [0.1, 0.15) is 18.4 Å². The van der Waals surface area contributed by atoms with Gasteiger partial charge in [-0.25, -0.2) is 9.59 Å². The molecule has 192 valence electrons. The Morgan fingerprint density at radius 3 is 2.11 bits per heavy atom. The van der Waals surface area contributed by atoms with E-state index in [1.165, 1.54) is 0 Å². The predicted octanol–water partition coefficient (Wildman–Crippen LogP) is 6.17. The Kier molecular flexibility index (Phi) is 7.33. The van der Waals surface area contributed by atoms with Crippen molar-refractivity contribution >= 4 is 23.7 Å². The molecule has 1 unspecified atom stereocenters. The number of nitrogens with one attached hydrogen (secondary N) is 1. The third-order valence-electron chi connectivity index (χ3n) is 6.81. The average molecular weight is 528 g/mol. The van der Waals surface area contributed by atoms with Crippen LogP contribution in [0.1, 0.15) is 33.7 Å². The average Bonchev–Trinajstić information content (AvgIpc) is 3.24.